The fourth-order valence-electron chi connectivity index (χ4n) is 2.94. The molecule has 114 valence electrons. The number of nitrogens with zero attached hydrogens (tertiary/aromatic N) is 4. The first-order chi connectivity index (χ1) is 10.3. The van der Waals surface area contributed by atoms with E-state index in [0.29, 0.717) is 6.04 Å². The normalized spacial score (nSPS) is 18.9. The van der Waals surface area contributed by atoms with Crippen molar-refractivity contribution in [2.24, 2.45) is 0 Å². The topological polar surface area (TPSA) is 59.0 Å². The first kappa shape index (κ1) is 14.3. The predicted molar refractivity (Wildman–Crippen MR) is 79.8 cm³/mol. The summed E-state index contributed by atoms with van der Waals surface area (Å²) < 4.78 is 7.81. The molecule has 0 fully saturated rings. The molecule has 0 spiro atoms. The van der Waals surface area contributed by atoms with Gasteiger partial charge in [0.05, 0.1) is 18.8 Å². The van der Waals surface area contributed by atoms with Crippen LogP contribution in [0.4, 0.5) is 0 Å². The maximum Gasteiger partial charge on any atom is 0.126 e. The standard InChI is InChI=1S/C15H23N5O/c1-3-21-7-4-14-10-16-15-12(2)19(5-6-20(14)15)11-13-8-17-18-9-13/h8-10,12H,3-7,11H2,1-2H3,(H,17,18). The van der Waals surface area contributed by atoms with Crippen LogP contribution in [0.25, 0.3) is 0 Å². The van der Waals surface area contributed by atoms with E-state index in [1.165, 1.54) is 11.3 Å². The number of hydrogen-bond acceptors (Lipinski definition) is 4. The van der Waals surface area contributed by atoms with Gasteiger partial charge in [-0.25, -0.2) is 4.98 Å². The van der Waals surface area contributed by atoms with E-state index in [9.17, 15) is 0 Å². The lowest BCUT2D eigenvalue weighted by molar-refractivity contribution is 0.142. The largest absolute Gasteiger partial charge is 0.381 e. The van der Waals surface area contributed by atoms with Crippen LogP contribution in [0.3, 0.4) is 0 Å². The van der Waals surface area contributed by atoms with Crippen molar-refractivity contribution in [2.45, 2.75) is 39.4 Å². The van der Waals surface area contributed by atoms with E-state index in [1.54, 1.807) is 0 Å². The van der Waals surface area contributed by atoms with Gasteiger partial charge >= 0.3 is 0 Å². The Balaban J connectivity index is 1.69. The Labute approximate surface area is 125 Å². The molecule has 1 atom stereocenters. The second kappa shape index (κ2) is 6.41. The second-order valence-electron chi connectivity index (χ2n) is 5.46. The molecule has 0 radical (unpaired) electrons. The van der Waals surface area contributed by atoms with Crippen molar-refractivity contribution < 1.29 is 4.74 Å². The lowest BCUT2D eigenvalue weighted by atomic mass is 10.2. The maximum atomic E-state index is 5.45. The number of ether oxygens (including phenoxy) is 1. The summed E-state index contributed by atoms with van der Waals surface area (Å²) in [4.78, 5) is 7.08. The van der Waals surface area contributed by atoms with Gasteiger partial charge in [0.2, 0.25) is 0 Å². The zero-order chi connectivity index (χ0) is 14.7. The third-order valence-electron chi connectivity index (χ3n) is 4.15. The third kappa shape index (κ3) is 3.01. The van der Waals surface area contributed by atoms with Gasteiger partial charge in [-0.2, -0.15) is 5.10 Å². The van der Waals surface area contributed by atoms with Gasteiger partial charge < -0.3 is 9.30 Å². The van der Waals surface area contributed by atoms with Crippen LogP contribution in [0.2, 0.25) is 0 Å². The monoisotopic (exact) mass is 289 g/mol. The van der Waals surface area contributed by atoms with Crippen LogP contribution >= 0.6 is 0 Å². The average molecular weight is 289 g/mol. The van der Waals surface area contributed by atoms with E-state index in [-0.39, 0.29) is 0 Å². The summed E-state index contributed by atoms with van der Waals surface area (Å²) in [6, 6.07) is 0.328. The maximum absolute atomic E-state index is 5.45. The Bertz CT molecular complexity index is 563. The van der Waals surface area contributed by atoms with Crippen molar-refractivity contribution in [1.29, 1.82) is 0 Å². The van der Waals surface area contributed by atoms with Gasteiger partial charge in [-0.05, 0) is 13.8 Å². The summed E-state index contributed by atoms with van der Waals surface area (Å²) in [5, 5.41) is 6.89. The summed E-state index contributed by atoms with van der Waals surface area (Å²) in [5.74, 6) is 1.16. The Morgan fingerprint density at radius 1 is 1.38 bits per heavy atom. The van der Waals surface area contributed by atoms with Gasteiger partial charge in [0.1, 0.15) is 5.82 Å². The minimum absolute atomic E-state index is 0.328. The van der Waals surface area contributed by atoms with Gasteiger partial charge in [0.25, 0.3) is 0 Å². The molecule has 0 amide bonds. The zero-order valence-electron chi connectivity index (χ0n) is 12.7. The SMILES string of the molecule is CCOCCc1cnc2n1CCN(Cc1cn[nH]c1)C2C. The highest BCUT2D eigenvalue weighted by Gasteiger charge is 2.26. The predicted octanol–water partition coefficient (Wildman–Crippen LogP) is 1.76. The van der Waals surface area contributed by atoms with Crippen LogP contribution in [0.15, 0.2) is 18.6 Å². The summed E-state index contributed by atoms with van der Waals surface area (Å²) in [5.41, 5.74) is 2.51. The Morgan fingerprint density at radius 3 is 3.05 bits per heavy atom. The molecule has 6 heteroatoms. The van der Waals surface area contributed by atoms with E-state index < -0.39 is 0 Å². The first-order valence-corrected chi connectivity index (χ1v) is 7.63. The van der Waals surface area contributed by atoms with E-state index in [1.807, 2.05) is 25.5 Å². The Kier molecular flexibility index (Phi) is 4.36. The van der Waals surface area contributed by atoms with Crippen LogP contribution in [0.1, 0.15) is 37.0 Å². The molecule has 2 aromatic rings. The average Bonchev–Trinajstić information content (AvgIpc) is 3.12. The number of aromatic amines is 1. The van der Waals surface area contributed by atoms with Crippen molar-refractivity contribution in [1.82, 2.24) is 24.6 Å². The van der Waals surface area contributed by atoms with Crippen LogP contribution in [0, 0.1) is 0 Å². The van der Waals surface area contributed by atoms with E-state index >= 15 is 0 Å². The molecule has 0 saturated carbocycles. The van der Waals surface area contributed by atoms with Crippen molar-refractivity contribution in [3.63, 3.8) is 0 Å². The van der Waals surface area contributed by atoms with Gasteiger partial charge in [0, 0.05) is 56.3 Å². The lowest BCUT2D eigenvalue weighted by Crippen LogP contribution is -2.37. The number of aromatic nitrogens is 4. The molecule has 3 heterocycles. The number of rotatable bonds is 6. The Hall–Kier alpha value is -1.66. The minimum atomic E-state index is 0.328. The third-order valence-corrected chi connectivity index (χ3v) is 4.15. The van der Waals surface area contributed by atoms with Crippen LogP contribution in [-0.4, -0.2) is 44.4 Å². The molecule has 1 aliphatic heterocycles. The molecule has 21 heavy (non-hydrogen) atoms. The zero-order valence-corrected chi connectivity index (χ0v) is 12.7. The quantitative estimate of drug-likeness (QED) is 0.823. The highest BCUT2D eigenvalue weighted by atomic mass is 16.5. The summed E-state index contributed by atoms with van der Waals surface area (Å²) in [6.07, 6.45) is 6.80. The molecule has 1 unspecified atom stereocenters. The first-order valence-electron chi connectivity index (χ1n) is 7.63. The van der Waals surface area contributed by atoms with Gasteiger partial charge in [0.15, 0.2) is 0 Å². The summed E-state index contributed by atoms with van der Waals surface area (Å²) in [6.45, 7) is 8.76. The number of H-pyrrole nitrogens is 1. The molecule has 0 bridgehead atoms. The van der Waals surface area contributed by atoms with E-state index in [0.717, 1.165) is 45.1 Å². The molecular formula is C15H23N5O. The molecule has 6 nitrogen and oxygen atoms in total. The van der Waals surface area contributed by atoms with Gasteiger partial charge in [-0.15, -0.1) is 0 Å². The van der Waals surface area contributed by atoms with Crippen LogP contribution < -0.4 is 0 Å². The van der Waals surface area contributed by atoms with E-state index in [4.69, 9.17) is 4.74 Å². The fraction of sp³-hybridized carbons (Fsp3) is 0.600. The highest BCUT2D eigenvalue weighted by molar-refractivity contribution is 5.12. The van der Waals surface area contributed by atoms with Crippen LogP contribution in [0.5, 0.6) is 0 Å². The van der Waals surface area contributed by atoms with Crippen LogP contribution in [-0.2, 0) is 24.2 Å². The second-order valence-corrected chi connectivity index (χ2v) is 5.46. The number of nitrogens with one attached hydrogen (secondary N) is 1. The van der Waals surface area contributed by atoms with Gasteiger partial charge in [-0.1, -0.05) is 0 Å². The fourth-order valence-corrected chi connectivity index (χ4v) is 2.94. The van der Waals surface area contributed by atoms with Gasteiger partial charge in [-0.3, -0.25) is 10.00 Å². The molecule has 0 aromatic carbocycles. The lowest BCUT2D eigenvalue weighted by Gasteiger charge is -2.34. The molecule has 0 aliphatic carbocycles. The summed E-state index contributed by atoms with van der Waals surface area (Å²) >= 11 is 0. The minimum Gasteiger partial charge on any atom is -0.381 e. The van der Waals surface area contributed by atoms with Crippen molar-refractivity contribution in [2.75, 3.05) is 19.8 Å². The number of fused-ring (bicyclic) bond motifs is 1. The Morgan fingerprint density at radius 2 is 2.29 bits per heavy atom. The highest BCUT2D eigenvalue weighted by Crippen LogP contribution is 2.26. The molecular weight excluding hydrogens is 266 g/mol. The molecule has 0 saturated heterocycles. The van der Waals surface area contributed by atoms with Crippen molar-refractivity contribution in [3.8, 4) is 0 Å². The molecule has 1 N–H and O–H groups in total. The van der Waals surface area contributed by atoms with E-state index in [2.05, 4.69) is 31.6 Å². The molecule has 1 aliphatic rings. The molecule has 3 rings (SSSR count). The smallest absolute Gasteiger partial charge is 0.126 e. The molecule has 2 aromatic heterocycles. The van der Waals surface area contributed by atoms with Crippen molar-refractivity contribution in [3.05, 3.63) is 35.7 Å². The van der Waals surface area contributed by atoms with Crippen molar-refractivity contribution >= 4 is 0 Å². The number of imidazole rings is 1. The number of hydrogen-bond donors (Lipinski definition) is 1. The summed E-state index contributed by atoms with van der Waals surface area (Å²) in [7, 11) is 0.